The minimum Gasteiger partial charge on any atom is -0.353 e. The van der Waals surface area contributed by atoms with E-state index in [-0.39, 0.29) is 16.6 Å². The predicted octanol–water partition coefficient (Wildman–Crippen LogP) is 4.34. The third-order valence-corrected chi connectivity index (χ3v) is 6.09. The van der Waals surface area contributed by atoms with Gasteiger partial charge >= 0.3 is 0 Å². The summed E-state index contributed by atoms with van der Waals surface area (Å²) in [6, 6.07) is 2.58. The van der Waals surface area contributed by atoms with Gasteiger partial charge in [0, 0.05) is 36.3 Å². The molecule has 1 heterocycles. The van der Waals surface area contributed by atoms with Crippen LogP contribution in [0.15, 0.2) is 23.3 Å². The van der Waals surface area contributed by atoms with Crippen molar-refractivity contribution in [3.63, 3.8) is 0 Å². The van der Waals surface area contributed by atoms with E-state index in [1.165, 1.54) is 20.3 Å². The minimum absolute atomic E-state index is 0.0831. The van der Waals surface area contributed by atoms with E-state index in [4.69, 9.17) is 21.1 Å². The number of methoxy groups -OCH3 is 2. The van der Waals surface area contributed by atoms with Crippen molar-refractivity contribution in [3.05, 3.63) is 39.7 Å². The molecule has 0 spiro atoms. The Labute approximate surface area is 163 Å². The SMILES string of the molecule is COC(C)(OC)C(C)c1cc(N2C(=O)C3=C(CCCC3)C2=O)c(F)cc1Cl. The number of imide groups is 1. The van der Waals surface area contributed by atoms with Crippen LogP contribution in [0.25, 0.3) is 0 Å². The van der Waals surface area contributed by atoms with Gasteiger partial charge in [-0.3, -0.25) is 9.59 Å². The third-order valence-electron chi connectivity index (χ3n) is 5.76. The number of ether oxygens (including phenoxy) is 2. The van der Waals surface area contributed by atoms with E-state index in [0.717, 1.165) is 23.8 Å². The maximum Gasteiger partial charge on any atom is 0.261 e. The number of benzene rings is 1. The Balaban J connectivity index is 2.05. The van der Waals surface area contributed by atoms with Gasteiger partial charge in [-0.2, -0.15) is 0 Å². The lowest BCUT2D eigenvalue weighted by Crippen LogP contribution is -2.36. The Kier molecular flexibility index (Phi) is 5.43. The zero-order chi connectivity index (χ0) is 19.9. The van der Waals surface area contributed by atoms with Crippen molar-refractivity contribution < 1.29 is 23.5 Å². The van der Waals surface area contributed by atoms with Gasteiger partial charge in [0.05, 0.1) is 5.69 Å². The summed E-state index contributed by atoms with van der Waals surface area (Å²) in [5.74, 6) is -2.97. The molecule has 2 aliphatic rings. The average Bonchev–Trinajstić information content (AvgIpc) is 2.92. The van der Waals surface area contributed by atoms with Crippen LogP contribution in [0.3, 0.4) is 0 Å². The van der Waals surface area contributed by atoms with Crippen LogP contribution < -0.4 is 4.90 Å². The van der Waals surface area contributed by atoms with Gasteiger partial charge in [-0.15, -0.1) is 0 Å². The minimum atomic E-state index is -1.00. The molecule has 1 unspecified atom stereocenters. The zero-order valence-electron chi connectivity index (χ0n) is 15.9. The molecule has 1 aliphatic carbocycles. The number of nitrogens with zero attached hydrogens (tertiary/aromatic N) is 1. The molecule has 0 aromatic heterocycles. The van der Waals surface area contributed by atoms with Gasteiger partial charge in [0.2, 0.25) is 0 Å². The van der Waals surface area contributed by atoms with E-state index in [0.29, 0.717) is 29.6 Å². The molecule has 27 heavy (non-hydrogen) atoms. The van der Waals surface area contributed by atoms with Gasteiger partial charge < -0.3 is 9.47 Å². The second kappa shape index (κ2) is 7.34. The van der Waals surface area contributed by atoms with E-state index >= 15 is 0 Å². The van der Waals surface area contributed by atoms with Crippen molar-refractivity contribution in [1.29, 1.82) is 0 Å². The van der Waals surface area contributed by atoms with Crippen molar-refractivity contribution >= 4 is 29.1 Å². The fraction of sp³-hybridized carbons (Fsp3) is 0.500. The average molecular weight is 396 g/mol. The van der Waals surface area contributed by atoms with Gasteiger partial charge in [0.1, 0.15) is 5.82 Å². The second-order valence-electron chi connectivity index (χ2n) is 7.08. The largest absolute Gasteiger partial charge is 0.353 e. The van der Waals surface area contributed by atoms with E-state index in [9.17, 15) is 14.0 Å². The Morgan fingerprint density at radius 1 is 1.11 bits per heavy atom. The lowest BCUT2D eigenvalue weighted by molar-refractivity contribution is -0.206. The normalized spacial score (nSPS) is 19.0. The molecule has 146 valence electrons. The Bertz CT molecular complexity index is 804. The van der Waals surface area contributed by atoms with Crippen LogP contribution in [0.5, 0.6) is 0 Å². The van der Waals surface area contributed by atoms with Gasteiger partial charge in [0.15, 0.2) is 5.79 Å². The first-order chi connectivity index (χ1) is 12.7. The Morgan fingerprint density at radius 3 is 2.11 bits per heavy atom. The van der Waals surface area contributed by atoms with Crippen molar-refractivity contribution in [3.8, 4) is 0 Å². The van der Waals surface area contributed by atoms with E-state index in [1.54, 1.807) is 6.92 Å². The number of anilines is 1. The lowest BCUT2D eigenvalue weighted by Gasteiger charge is -2.34. The molecular formula is C20H23ClFNO4. The summed E-state index contributed by atoms with van der Waals surface area (Å²) in [7, 11) is 3.01. The summed E-state index contributed by atoms with van der Waals surface area (Å²) >= 11 is 6.27. The van der Waals surface area contributed by atoms with Gasteiger partial charge in [0.25, 0.3) is 11.8 Å². The van der Waals surface area contributed by atoms with Crippen molar-refractivity contribution in [2.45, 2.75) is 51.2 Å². The molecule has 0 bridgehead atoms. The number of rotatable bonds is 5. The summed E-state index contributed by atoms with van der Waals surface area (Å²) in [4.78, 5) is 26.5. The monoisotopic (exact) mass is 395 g/mol. The summed E-state index contributed by atoms with van der Waals surface area (Å²) in [5, 5.41) is 0.181. The topological polar surface area (TPSA) is 55.8 Å². The Hall–Kier alpha value is -1.76. The first-order valence-electron chi connectivity index (χ1n) is 8.95. The standard InChI is InChI=1S/C20H23ClFNO4/c1-11(20(2,26-3)27-4)14-9-17(16(22)10-15(14)21)23-18(24)12-7-5-6-8-13(12)19(23)25/h9-11H,5-8H2,1-4H3. The second-order valence-corrected chi connectivity index (χ2v) is 7.49. The van der Waals surface area contributed by atoms with E-state index in [2.05, 4.69) is 0 Å². The van der Waals surface area contributed by atoms with Crippen LogP contribution in [0.1, 0.15) is 51.0 Å². The predicted molar refractivity (Wildman–Crippen MR) is 100 cm³/mol. The molecule has 0 saturated carbocycles. The summed E-state index contributed by atoms with van der Waals surface area (Å²) in [6.45, 7) is 3.57. The molecule has 2 amide bonds. The fourth-order valence-corrected chi connectivity index (χ4v) is 4.05. The van der Waals surface area contributed by atoms with Crippen LogP contribution in [-0.2, 0) is 19.1 Å². The molecule has 0 radical (unpaired) electrons. The van der Waals surface area contributed by atoms with Crippen molar-refractivity contribution in [2.75, 3.05) is 19.1 Å². The molecule has 1 aromatic carbocycles. The summed E-state index contributed by atoms with van der Waals surface area (Å²) < 4.78 is 25.6. The molecule has 0 fully saturated rings. The highest BCUT2D eigenvalue weighted by atomic mass is 35.5. The molecular weight excluding hydrogens is 373 g/mol. The summed E-state index contributed by atoms with van der Waals surface area (Å²) in [6.07, 6.45) is 2.83. The number of carbonyl (C=O) groups excluding carboxylic acids is 2. The Morgan fingerprint density at radius 2 is 1.63 bits per heavy atom. The first-order valence-corrected chi connectivity index (χ1v) is 9.33. The molecule has 1 atom stereocenters. The number of carbonyl (C=O) groups is 2. The third kappa shape index (κ3) is 3.20. The maximum absolute atomic E-state index is 14.7. The number of hydrogen-bond donors (Lipinski definition) is 0. The molecule has 1 aliphatic heterocycles. The number of halogens is 2. The van der Waals surface area contributed by atoms with Crippen molar-refractivity contribution in [2.24, 2.45) is 0 Å². The molecule has 7 heteroatoms. The lowest BCUT2D eigenvalue weighted by atomic mass is 9.92. The van der Waals surface area contributed by atoms with Gasteiger partial charge in [-0.05, 0) is 50.3 Å². The fourth-order valence-electron chi connectivity index (χ4n) is 3.73. The number of hydrogen-bond acceptors (Lipinski definition) is 4. The highest BCUT2D eigenvalue weighted by Gasteiger charge is 2.42. The number of amides is 2. The summed E-state index contributed by atoms with van der Waals surface area (Å²) in [5.41, 5.74) is 1.47. The van der Waals surface area contributed by atoms with Crippen LogP contribution in [0.2, 0.25) is 5.02 Å². The quantitative estimate of drug-likeness (QED) is 0.550. The maximum atomic E-state index is 14.7. The molecule has 0 saturated heterocycles. The highest BCUT2D eigenvalue weighted by molar-refractivity contribution is 6.34. The van der Waals surface area contributed by atoms with Gasteiger partial charge in [-0.25, -0.2) is 9.29 Å². The van der Waals surface area contributed by atoms with Crippen LogP contribution in [-0.4, -0.2) is 31.8 Å². The van der Waals surface area contributed by atoms with E-state index < -0.39 is 23.4 Å². The molecule has 0 N–H and O–H groups in total. The van der Waals surface area contributed by atoms with E-state index in [1.807, 2.05) is 6.92 Å². The van der Waals surface area contributed by atoms with Crippen LogP contribution >= 0.6 is 11.6 Å². The molecule has 5 nitrogen and oxygen atoms in total. The zero-order valence-corrected chi connectivity index (χ0v) is 16.7. The van der Waals surface area contributed by atoms with Gasteiger partial charge in [-0.1, -0.05) is 18.5 Å². The van der Waals surface area contributed by atoms with Crippen LogP contribution in [0, 0.1) is 5.82 Å². The van der Waals surface area contributed by atoms with Crippen molar-refractivity contribution in [1.82, 2.24) is 0 Å². The molecule has 3 rings (SSSR count). The highest BCUT2D eigenvalue weighted by Crippen LogP contribution is 2.41. The first kappa shape index (κ1) is 20.0. The van der Waals surface area contributed by atoms with Crippen LogP contribution in [0.4, 0.5) is 10.1 Å². The smallest absolute Gasteiger partial charge is 0.261 e. The molecule has 1 aromatic rings.